The zero-order chi connectivity index (χ0) is 14.1. The van der Waals surface area contributed by atoms with E-state index < -0.39 is 0 Å². The average Bonchev–Trinajstić information content (AvgIpc) is 3.03. The normalized spacial score (nSPS) is 13.3. The van der Waals surface area contributed by atoms with Gasteiger partial charge in [-0.3, -0.25) is 4.79 Å². The smallest absolute Gasteiger partial charge is 0.257 e. The molecule has 0 atom stereocenters. The van der Waals surface area contributed by atoms with Crippen molar-refractivity contribution in [3.8, 4) is 0 Å². The summed E-state index contributed by atoms with van der Waals surface area (Å²) >= 11 is 5.95. The quantitative estimate of drug-likeness (QED) is 0.805. The number of fused-ring (bicyclic) bond motifs is 1. The first-order valence-electron chi connectivity index (χ1n) is 6.44. The van der Waals surface area contributed by atoms with Crippen LogP contribution in [-0.2, 0) is 19.5 Å². The molecular weight excluding hydrogens is 278 g/mol. The molecule has 20 heavy (non-hydrogen) atoms. The van der Waals surface area contributed by atoms with Crippen LogP contribution in [0.15, 0.2) is 18.3 Å². The first-order chi connectivity index (χ1) is 9.66. The maximum absolute atomic E-state index is 12.3. The third-order valence-electron chi connectivity index (χ3n) is 3.40. The minimum absolute atomic E-state index is 0.168. The Morgan fingerprint density at radius 1 is 1.50 bits per heavy atom. The molecule has 0 radical (unpaired) electrons. The van der Waals surface area contributed by atoms with Gasteiger partial charge in [0.1, 0.15) is 11.0 Å². The van der Waals surface area contributed by atoms with Gasteiger partial charge in [0, 0.05) is 26.2 Å². The second kappa shape index (κ2) is 5.20. The van der Waals surface area contributed by atoms with Gasteiger partial charge in [0.05, 0.1) is 12.1 Å². The number of rotatable bonds is 3. The molecule has 1 amide bonds. The summed E-state index contributed by atoms with van der Waals surface area (Å²) in [7, 11) is 1.72. The van der Waals surface area contributed by atoms with E-state index in [0.29, 0.717) is 12.1 Å². The van der Waals surface area contributed by atoms with Gasteiger partial charge in [-0.1, -0.05) is 11.6 Å². The van der Waals surface area contributed by atoms with Crippen molar-refractivity contribution in [2.75, 3.05) is 7.05 Å². The number of halogens is 1. The van der Waals surface area contributed by atoms with E-state index in [0.717, 1.165) is 31.0 Å². The minimum atomic E-state index is -0.168. The van der Waals surface area contributed by atoms with Gasteiger partial charge in [0.15, 0.2) is 5.82 Å². The summed E-state index contributed by atoms with van der Waals surface area (Å²) < 4.78 is 2.08. The molecule has 0 aromatic carbocycles. The molecule has 104 valence electrons. The molecule has 2 aromatic rings. The molecule has 0 aliphatic carbocycles. The molecule has 2 aromatic heterocycles. The molecule has 0 bridgehead atoms. The van der Waals surface area contributed by atoms with Crippen LogP contribution in [0.25, 0.3) is 0 Å². The number of amides is 1. The second-order valence-electron chi connectivity index (χ2n) is 4.79. The Morgan fingerprint density at radius 2 is 2.35 bits per heavy atom. The van der Waals surface area contributed by atoms with E-state index in [1.807, 2.05) is 0 Å². The van der Waals surface area contributed by atoms with E-state index in [1.165, 1.54) is 0 Å². The van der Waals surface area contributed by atoms with Gasteiger partial charge in [0.2, 0.25) is 0 Å². The molecule has 1 aliphatic rings. The lowest BCUT2D eigenvalue weighted by Gasteiger charge is -2.17. The summed E-state index contributed by atoms with van der Waals surface area (Å²) in [6.45, 7) is 1.34. The van der Waals surface area contributed by atoms with Crippen molar-refractivity contribution in [3.63, 3.8) is 0 Å². The van der Waals surface area contributed by atoms with E-state index in [-0.39, 0.29) is 11.1 Å². The van der Waals surface area contributed by atoms with Gasteiger partial charge in [0.25, 0.3) is 5.91 Å². The van der Waals surface area contributed by atoms with Gasteiger partial charge < -0.3 is 9.47 Å². The van der Waals surface area contributed by atoms with Crippen LogP contribution in [0.3, 0.4) is 0 Å². The highest BCUT2D eigenvalue weighted by molar-refractivity contribution is 6.32. The molecule has 3 heterocycles. The lowest BCUT2D eigenvalue weighted by atomic mass is 10.2. The van der Waals surface area contributed by atoms with Gasteiger partial charge in [-0.2, -0.15) is 0 Å². The summed E-state index contributed by atoms with van der Waals surface area (Å²) in [5.74, 6) is 1.65. The van der Waals surface area contributed by atoms with Crippen LogP contribution >= 0.6 is 11.6 Å². The third kappa shape index (κ3) is 2.27. The van der Waals surface area contributed by atoms with Crippen molar-refractivity contribution in [2.45, 2.75) is 25.9 Å². The summed E-state index contributed by atoms with van der Waals surface area (Å²) in [4.78, 5) is 17.8. The fourth-order valence-electron chi connectivity index (χ4n) is 2.36. The van der Waals surface area contributed by atoms with E-state index in [2.05, 4.69) is 19.7 Å². The van der Waals surface area contributed by atoms with Gasteiger partial charge in [-0.25, -0.2) is 4.98 Å². The van der Waals surface area contributed by atoms with Crippen LogP contribution in [0, 0.1) is 0 Å². The number of hydrogen-bond acceptors (Lipinski definition) is 4. The number of carbonyl (C=O) groups excluding carboxylic acids is 1. The Kier molecular flexibility index (Phi) is 3.40. The summed E-state index contributed by atoms with van der Waals surface area (Å²) in [5.41, 5.74) is 0.401. The molecular formula is C13H14ClN5O. The van der Waals surface area contributed by atoms with E-state index >= 15 is 0 Å². The lowest BCUT2D eigenvalue weighted by molar-refractivity contribution is 0.0780. The number of pyridine rings is 1. The van der Waals surface area contributed by atoms with Crippen molar-refractivity contribution in [3.05, 3.63) is 40.7 Å². The molecule has 0 unspecified atom stereocenters. The Balaban J connectivity index is 1.78. The molecule has 0 saturated heterocycles. The first-order valence-corrected chi connectivity index (χ1v) is 6.81. The predicted octanol–water partition coefficient (Wildman–Crippen LogP) is 1.54. The Hall–Kier alpha value is -1.95. The van der Waals surface area contributed by atoms with Gasteiger partial charge >= 0.3 is 0 Å². The molecule has 1 aliphatic heterocycles. The summed E-state index contributed by atoms with van der Waals surface area (Å²) in [6.07, 6.45) is 3.60. The first kappa shape index (κ1) is 13.1. The lowest BCUT2D eigenvalue weighted by Crippen LogP contribution is -2.28. The van der Waals surface area contributed by atoms with Crippen LogP contribution in [0.4, 0.5) is 0 Å². The third-order valence-corrected chi connectivity index (χ3v) is 3.70. The number of aromatic nitrogens is 4. The topological polar surface area (TPSA) is 63.9 Å². The average molecular weight is 292 g/mol. The van der Waals surface area contributed by atoms with E-state index in [1.54, 1.807) is 30.3 Å². The van der Waals surface area contributed by atoms with Crippen molar-refractivity contribution >= 4 is 17.5 Å². The van der Waals surface area contributed by atoms with Crippen LogP contribution in [0.2, 0.25) is 5.15 Å². The van der Waals surface area contributed by atoms with Crippen molar-refractivity contribution in [1.82, 2.24) is 24.6 Å². The second-order valence-corrected chi connectivity index (χ2v) is 5.15. The van der Waals surface area contributed by atoms with Gasteiger partial charge in [-0.05, 0) is 18.6 Å². The highest BCUT2D eigenvalue weighted by atomic mass is 35.5. The molecule has 0 N–H and O–H groups in total. The van der Waals surface area contributed by atoms with Gasteiger partial charge in [-0.15, -0.1) is 10.2 Å². The Labute approximate surface area is 121 Å². The molecule has 3 rings (SSSR count). The van der Waals surface area contributed by atoms with Crippen LogP contribution in [0.5, 0.6) is 0 Å². The van der Waals surface area contributed by atoms with Crippen molar-refractivity contribution in [1.29, 1.82) is 0 Å². The summed E-state index contributed by atoms with van der Waals surface area (Å²) in [6, 6.07) is 3.37. The molecule has 7 heteroatoms. The minimum Gasteiger partial charge on any atom is -0.334 e. The van der Waals surface area contributed by atoms with Crippen LogP contribution in [-0.4, -0.2) is 37.6 Å². The van der Waals surface area contributed by atoms with E-state index in [9.17, 15) is 4.79 Å². The zero-order valence-corrected chi connectivity index (χ0v) is 11.8. The Morgan fingerprint density at radius 3 is 3.15 bits per heavy atom. The van der Waals surface area contributed by atoms with Crippen LogP contribution in [0.1, 0.15) is 28.4 Å². The number of nitrogens with zero attached hydrogens (tertiary/aromatic N) is 5. The molecule has 0 spiro atoms. The maximum atomic E-state index is 12.3. The number of carbonyl (C=O) groups is 1. The number of hydrogen-bond donors (Lipinski definition) is 0. The van der Waals surface area contributed by atoms with E-state index in [4.69, 9.17) is 11.6 Å². The standard InChI is InChI=1S/C13H14ClN5O/c1-18(13(20)9-4-2-6-15-12(9)14)8-11-17-16-10-5-3-7-19(10)11/h2,4,6H,3,5,7-8H2,1H3. The van der Waals surface area contributed by atoms with Crippen molar-refractivity contribution in [2.24, 2.45) is 0 Å². The molecule has 0 fully saturated rings. The highest BCUT2D eigenvalue weighted by Crippen LogP contribution is 2.17. The molecule has 0 saturated carbocycles. The maximum Gasteiger partial charge on any atom is 0.257 e. The predicted molar refractivity (Wildman–Crippen MR) is 73.4 cm³/mol. The van der Waals surface area contributed by atoms with Crippen LogP contribution < -0.4 is 0 Å². The Bertz CT molecular complexity index is 654. The van der Waals surface area contributed by atoms with Crippen molar-refractivity contribution < 1.29 is 4.79 Å². The fraction of sp³-hybridized carbons (Fsp3) is 0.385. The zero-order valence-electron chi connectivity index (χ0n) is 11.1. The fourth-order valence-corrected chi connectivity index (χ4v) is 2.56. The highest BCUT2D eigenvalue weighted by Gasteiger charge is 2.21. The summed E-state index contributed by atoms with van der Waals surface area (Å²) in [5, 5.41) is 8.50. The molecule has 6 nitrogen and oxygen atoms in total. The SMILES string of the molecule is CN(Cc1nnc2n1CCC2)C(=O)c1cccnc1Cl. The number of aryl methyl sites for hydroxylation is 1. The monoisotopic (exact) mass is 291 g/mol. The largest absolute Gasteiger partial charge is 0.334 e.